The molecule has 1 saturated heterocycles. The molecule has 1 aromatic rings. The second kappa shape index (κ2) is 6.66. The number of carboxylic acids is 1. The van der Waals surface area contributed by atoms with Crippen molar-refractivity contribution in [1.29, 1.82) is 0 Å². The maximum absolute atomic E-state index is 11.2. The highest BCUT2D eigenvalue weighted by molar-refractivity contribution is 5.88. The first-order chi connectivity index (χ1) is 9.22. The summed E-state index contributed by atoms with van der Waals surface area (Å²) in [5.41, 5.74) is 1.02. The van der Waals surface area contributed by atoms with Crippen molar-refractivity contribution in [2.45, 2.75) is 51.6 Å². The van der Waals surface area contributed by atoms with E-state index in [4.69, 9.17) is 0 Å². The zero-order valence-corrected chi connectivity index (χ0v) is 11.5. The molecule has 0 amide bonds. The number of rotatable bonds is 4. The maximum atomic E-state index is 11.2. The number of aromatic carboxylic acids is 1. The van der Waals surface area contributed by atoms with Gasteiger partial charge in [0.1, 0.15) is 0 Å². The number of hydrogen-bond acceptors (Lipinski definition) is 3. The number of likely N-dealkylation sites (tertiary alicyclic amines) is 1. The van der Waals surface area contributed by atoms with Gasteiger partial charge in [0, 0.05) is 18.8 Å². The minimum Gasteiger partial charge on any atom is -0.478 e. The molecule has 4 nitrogen and oxygen atoms in total. The van der Waals surface area contributed by atoms with E-state index in [1.54, 1.807) is 18.3 Å². The molecule has 0 saturated carbocycles. The van der Waals surface area contributed by atoms with Gasteiger partial charge in [0.15, 0.2) is 0 Å². The fraction of sp³-hybridized carbons (Fsp3) is 0.600. The largest absolute Gasteiger partial charge is 0.478 e. The SMILES string of the molecule is CCC1CCCCCN1Cc1ncccc1C(=O)O. The Morgan fingerprint density at radius 3 is 3.05 bits per heavy atom. The third kappa shape index (κ3) is 3.53. The van der Waals surface area contributed by atoms with E-state index in [0.717, 1.165) is 13.0 Å². The third-order valence-corrected chi connectivity index (χ3v) is 3.94. The Bertz CT molecular complexity index is 434. The second-order valence-electron chi connectivity index (χ2n) is 5.18. The fourth-order valence-corrected chi connectivity index (χ4v) is 2.86. The Kier molecular flexibility index (Phi) is 4.91. The molecule has 0 spiro atoms. The fourth-order valence-electron chi connectivity index (χ4n) is 2.86. The summed E-state index contributed by atoms with van der Waals surface area (Å²) < 4.78 is 0. The standard InChI is InChI=1S/C15H22N2O2/c1-2-12-7-4-3-5-10-17(12)11-14-13(15(18)19)8-6-9-16-14/h6,8-9,12H,2-5,7,10-11H2,1H3,(H,18,19). The summed E-state index contributed by atoms with van der Waals surface area (Å²) in [5, 5.41) is 9.22. The lowest BCUT2D eigenvalue weighted by molar-refractivity contribution is 0.0692. The van der Waals surface area contributed by atoms with Gasteiger partial charge >= 0.3 is 5.97 Å². The van der Waals surface area contributed by atoms with Crippen LogP contribution in [0.5, 0.6) is 0 Å². The van der Waals surface area contributed by atoms with E-state index < -0.39 is 5.97 Å². The number of carbonyl (C=O) groups is 1. The molecule has 0 bridgehead atoms. The average molecular weight is 262 g/mol. The number of nitrogens with zero attached hydrogens (tertiary/aromatic N) is 2. The Labute approximate surface area is 114 Å². The van der Waals surface area contributed by atoms with Crippen LogP contribution in [0.1, 0.15) is 55.1 Å². The van der Waals surface area contributed by atoms with E-state index in [1.165, 1.54) is 25.7 Å². The van der Waals surface area contributed by atoms with Gasteiger partial charge < -0.3 is 5.11 Å². The molecule has 1 aliphatic heterocycles. The normalized spacial score (nSPS) is 21.0. The van der Waals surface area contributed by atoms with Crippen LogP contribution in [-0.4, -0.2) is 33.5 Å². The van der Waals surface area contributed by atoms with Crippen molar-refractivity contribution in [3.05, 3.63) is 29.6 Å². The van der Waals surface area contributed by atoms with Crippen LogP contribution in [0.4, 0.5) is 0 Å². The molecule has 1 atom stereocenters. The predicted molar refractivity (Wildman–Crippen MR) is 74.2 cm³/mol. The van der Waals surface area contributed by atoms with Gasteiger partial charge in [-0.05, 0) is 37.9 Å². The molecule has 1 aromatic heterocycles. The highest BCUT2D eigenvalue weighted by atomic mass is 16.4. The minimum absolute atomic E-state index is 0.335. The predicted octanol–water partition coefficient (Wildman–Crippen LogP) is 2.93. The minimum atomic E-state index is -0.883. The molecule has 2 rings (SSSR count). The van der Waals surface area contributed by atoms with E-state index in [0.29, 0.717) is 23.8 Å². The van der Waals surface area contributed by atoms with Crippen molar-refractivity contribution in [3.63, 3.8) is 0 Å². The van der Waals surface area contributed by atoms with Crippen LogP contribution in [-0.2, 0) is 6.54 Å². The first-order valence-electron chi connectivity index (χ1n) is 7.13. The zero-order valence-electron chi connectivity index (χ0n) is 11.5. The van der Waals surface area contributed by atoms with E-state index in [9.17, 15) is 9.90 Å². The van der Waals surface area contributed by atoms with Crippen molar-refractivity contribution < 1.29 is 9.90 Å². The molecule has 1 aliphatic rings. The Hall–Kier alpha value is -1.42. The molecule has 2 heterocycles. The van der Waals surface area contributed by atoms with Crippen molar-refractivity contribution in [2.24, 2.45) is 0 Å². The highest BCUT2D eigenvalue weighted by Gasteiger charge is 2.21. The van der Waals surface area contributed by atoms with Gasteiger partial charge in [-0.1, -0.05) is 19.8 Å². The topological polar surface area (TPSA) is 53.4 Å². The molecule has 0 radical (unpaired) electrons. The number of hydrogen-bond donors (Lipinski definition) is 1. The molecule has 0 aliphatic carbocycles. The molecular formula is C15H22N2O2. The summed E-state index contributed by atoms with van der Waals surface area (Å²) in [4.78, 5) is 17.9. The van der Waals surface area contributed by atoms with Crippen molar-refractivity contribution in [2.75, 3.05) is 6.54 Å². The van der Waals surface area contributed by atoms with Crippen LogP contribution in [0.2, 0.25) is 0 Å². The summed E-state index contributed by atoms with van der Waals surface area (Å²) >= 11 is 0. The molecule has 104 valence electrons. The summed E-state index contributed by atoms with van der Waals surface area (Å²) in [6.07, 6.45) is 7.78. The van der Waals surface area contributed by atoms with Crippen molar-refractivity contribution in [3.8, 4) is 0 Å². The maximum Gasteiger partial charge on any atom is 0.337 e. The van der Waals surface area contributed by atoms with Crippen molar-refractivity contribution >= 4 is 5.97 Å². The average Bonchev–Trinajstić information content (AvgIpc) is 2.64. The van der Waals surface area contributed by atoms with E-state index in [2.05, 4.69) is 16.8 Å². The van der Waals surface area contributed by atoms with E-state index >= 15 is 0 Å². The van der Waals surface area contributed by atoms with Gasteiger partial charge in [0.05, 0.1) is 11.3 Å². The molecule has 0 aromatic carbocycles. The third-order valence-electron chi connectivity index (χ3n) is 3.94. The first kappa shape index (κ1) is 14.0. The van der Waals surface area contributed by atoms with Crippen LogP contribution < -0.4 is 0 Å². The molecule has 1 N–H and O–H groups in total. The quantitative estimate of drug-likeness (QED) is 0.906. The van der Waals surface area contributed by atoms with E-state index in [-0.39, 0.29) is 0 Å². The summed E-state index contributed by atoms with van der Waals surface area (Å²) in [7, 11) is 0. The van der Waals surface area contributed by atoms with Crippen LogP contribution in [0, 0.1) is 0 Å². The lowest BCUT2D eigenvalue weighted by Crippen LogP contribution is -2.34. The molecule has 4 heteroatoms. The summed E-state index contributed by atoms with van der Waals surface area (Å²) in [5.74, 6) is -0.883. The Balaban J connectivity index is 2.16. The van der Waals surface area contributed by atoms with Crippen molar-refractivity contribution in [1.82, 2.24) is 9.88 Å². The number of carboxylic acid groups (broad SMARTS) is 1. The number of aromatic nitrogens is 1. The summed E-state index contributed by atoms with van der Waals surface area (Å²) in [6.45, 7) is 3.91. The lowest BCUT2D eigenvalue weighted by Gasteiger charge is -2.29. The van der Waals surface area contributed by atoms with Gasteiger partial charge in [-0.3, -0.25) is 9.88 Å². The van der Waals surface area contributed by atoms with Gasteiger partial charge in [0.2, 0.25) is 0 Å². The molecule has 1 unspecified atom stereocenters. The van der Waals surface area contributed by atoms with Gasteiger partial charge in [-0.15, -0.1) is 0 Å². The van der Waals surface area contributed by atoms with Crippen LogP contribution >= 0.6 is 0 Å². The first-order valence-corrected chi connectivity index (χ1v) is 7.13. The van der Waals surface area contributed by atoms with Gasteiger partial charge in [-0.25, -0.2) is 4.79 Å². The van der Waals surface area contributed by atoms with E-state index in [1.807, 2.05) is 0 Å². The Morgan fingerprint density at radius 2 is 2.32 bits per heavy atom. The van der Waals surface area contributed by atoms with Crippen LogP contribution in [0.3, 0.4) is 0 Å². The molecule has 19 heavy (non-hydrogen) atoms. The molecular weight excluding hydrogens is 240 g/mol. The highest BCUT2D eigenvalue weighted by Crippen LogP contribution is 2.21. The number of pyridine rings is 1. The monoisotopic (exact) mass is 262 g/mol. The lowest BCUT2D eigenvalue weighted by atomic mass is 10.1. The second-order valence-corrected chi connectivity index (χ2v) is 5.18. The van der Waals surface area contributed by atoms with Crippen LogP contribution in [0.15, 0.2) is 18.3 Å². The smallest absolute Gasteiger partial charge is 0.337 e. The van der Waals surface area contributed by atoms with Crippen LogP contribution in [0.25, 0.3) is 0 Å². The Morgan fingerprint density at radius 1 is 1.47 bits per heavy atom. The molecule has 1 fully saturated rings. The summed E-state index contributed by atoms with van der Waals surface area (Å²) in [6, 6.07) is 3.89. The van der Waals surface area contributed by atoms with Gasteiger partial charge in [-0.2, -0.15) is 0 Å². The van der Waals surface area contributed by atoms with Gasteiger partial charge in [0.25, 0.3) is 0 Å². The zero-order chi connectivity index (χ0) is 13.7.